The molecule has 0 unspecified atom stereocenters. The fourth-order valence-electron chi connectivity index (χ4n) is 1.96. The Morgan fingerprint density at radius 3 is 2.28 bits per heavy atom. The molecule has 1 aromatic carbocycles. The third-order valence-corrected chi connectivity index (χ3v) is 4.72. The number of hydrogen-bond donors (Lipinski definition) is 2. The molecule has 0 aliphatic carbocycles. The molecule has 98 valence electrons. The van der Waals surface area contributed by atoms with E-state index >= 15 is 0 Å². The molecular formula is C12H17N3O2S. The van der Waals surface area contributed by atoms with Crippen LogP contribution in [0.15, 0.2) is 24.3 Å². The second-order valence-electron chi connectivity index (χ2n) is 4.54. The Hall–Kier alpha value is -1.40. The van der Waals surface area contributed by atoms with Crippen LogP contribution in [-0.2, 0) is 16.4 Å². The molecule has 18 heavy (non-hydrogen) atoms. The third-order valence-electron chi connectivity index (χ3n) is 3.11. The average Bonchev–Trinajstić information content (AvgIpc) is 2.33. The lowest BCUT2D eigenvalue weighted by atomic mass is 10.1. The first-order valence-corrected chi connectivity index (χ1v) is 7.64. The molecule has 1 fully saturated rings. The van der Waals surface area contributed by atoms with Gasteiger partial charge in [-0.2, -0.15) is 0 Å². The Labute approximate surface area is 107 Å². The van der Waals surface area contributed by atoms with Gasteiger partial charge in [0.05, 0.1) is 11.5 Å². The van der Waals surface area contributed by atoms with Gasteiger partial charge in [-0.25, -0.2) is 8.42 Å². The molecule has 5 nitrogen and oxygen atoms in total. The van der Waals surface area contributed by atoms with Gasteiger partial charge in [-0.15, -0.1) is 0 Å². The molecule has 1 heterocycles. The number of sulfone groups is 1. The lowest BCUT2D eigenvalue weighted by Crippen LogP contribution is -2.39. The van der Waals surface area contributed by atoms with Gasteiger partial charge >= 0.3 is 0 Å². The first-order valence-electron chi connectivity index (χ1n) is 5.82. The van der Waals surface area contributed by atoms with Crippen LogP contribution in [0.25, 0.3) is 0 Å². The predicted octanol–water partition coefficient (Wildman–Crippen LogP) is 0.201. The highest BCUT2D eigenvalue weighted by molar-refractivity contribution is 7.91. The first kappa shape index (κ1) is 13.0. The van der Waals surface area contributed by atoms with E-state index < -0.39 is 9.84 Å². The molecule has 0 saturated carbocycles. The van der Waals surface area contributed by atoms with E-state index in [1.54, 1.807) is 0 Å². The van der Waals surface area contributed by atoms with Gasteiger partial charge < -0.3 is 5.73 Å². The number of amidine groups is 1. The lowest BCUT2D eigenvalue weighted by Gasteiger charge is -2.26. The van der Waals surface area contributed by atoms with Gasteiger partial charge in [0.15, 0.2) is 9.84 Å². The van der Waals surface area contributed by atoms with Crippen molar-refractivity contribution in [2.45, 2.75) is 6.54 Å². The summed E-state index contributed by atoms with van der Waals surface area (Å²) >= 11 is 0. The van der Waals surface area contributed by atoms with Gasteiger partial charge in [0.1, 0.15) is 5.84 Å². The fraction of sp³-hybridized carbons (Fsp3) is 0.417. The van der Waals surface area contributed by atoms with Crippen molar-refractivity contribution in [2.75, 3.05) is 24.6 Å². The molecule has 3 N–H and O–H groups in total. The van der Waals surface area contributed by atoms with Crippen molar-refractivity contribution in [3.63, 3.8) is 0 Å². The zero-order valence-electron chi connectivity index (χ0n) is 10.1. The number of rotatable bonds is 3. The van der Waals surface area contributed by atoms with Crippen molar-refractivity contribution in [1.82, 2.24) is 4.90 Å². The van der Waals surface area contributed by atoms with Crippen LogP contribution < -0.4 is 5.73 Å². The first-order chi connectivity index (χ1) is 8.46. The highest BCUT2D eigenvalue weighted by Gasteiger charge is 2.21. The molecule has 0 bridgehead atoms. The van der Waals surface area contributed by atoms with Crippen molar-refractivity contribution >= 4 is 15.7 Å². The van der Waals surface area contributed by atoms with Crippen LogP contribution in [0.4, 0.5) is 0 Å². The Kier molecular flexibility index (Phi) is 3.68. The standard InChI is InChI=1S/C12H17N3O2S/c13-12(14)11-3-1-10(2-4-11)9-15-5-7-18(16,17)8-6-15/h1-4H,5-9H2,(H3,13,14). The summed E-state index contributed by atoms with van der Waals surface area (Å²) in [6.07, 6.45) is 0. The summed E-state index contributed by atoms with van der Waals surface area (Å²) in [5.41, 5.74) is 7.20. The number of hydrogen-bond acceptors (Lipinski definition) is 4. The quantitative estimate of drug-likeness (QED) is 0.605. The summed E-state index contributed by atoms with van der Waals surface area (Å²) in [7, 11) is -2.81. The minimum atomic E-state index is -2.81. The lowest BCUT2D eigenvalue weighted by molar-refractivity contribution is 0.287. The van der Waals surface area contributed by atoms with Gasteiger partial charge in [-0.05, 0) is 5.56 Å². The van der Waals surface area contributed by atoms with Gasteiger partial charge in [-0.3, -0.25) is 10.3 Å². The van der Waals surface area contributed by atoms with E-state index in [2.05, 4.69) is 4.90 Å². The molecule has 0 spiro atoms. The summed E-state index contributed by atoms with van der Waals surface area (Å²) < 4.78 is 22.6. The minimum Gasteiger partial charge on any atom is -0.384 e. The Balaban J connectivity index is 1.96. The largest absolute Gasteiger partial charge is 0.384 e. The summed E-state index contributed by atoms with van der Waals surface area (Å²) in [5.74, 6) is 0.558. The van der Waals surface area contributed by atoms with E-state index in [4.69, 9.17) is 11.1 Å². The number of nitrogens with zero attached hydrogens (tertiary/aromatic N) is 1. The second-order valence-corrected chi connectivity index (χ2v) is 6.84. The van der Waals surface area contributed by atoms with Crippen molar-refractivity contribution in [1.29, 1.82) is 5.41 Å². The van der Waals surface area contributed by atoms with Crippen molar-refractivity contribution < 1.29 is 8.42 Å². The van der Waals surface area contributed by atoms with Gasteiger partial charge in [-0.1, -0.05) is 24.3 Å². The Morgan fingerprint density at radius 1 is 1.22 bits per heavy atom. The third kappa shape index (κ3) is 3.30. The summed E-state index contributed by atoms with van der Waals surface area (Å²) in [4.78, 5) is 2.13. The Bertz CT molecular complexity index is 523. The van der Waals surface area contributed by atoms with Crippen LogP contribution in [0.1, 0.15) is 11.1 Å². The minimum absolute atomic E-state index is 0.0608. The van der Waals surface area contributed by atoms with E-state index in [1.807, 2.05) is 24.3 Å². The van der Waals surface area contributed by atoms with Crippen LogP contribution in [0, 0.1) is 5.41 Å². The summed E-state index contributed by atoms with van der Waals surface area (Å²) in [6, 6.07) is 7.50. The van der Waals surface area contributed by atoms with Crippen LogP contribution in [0.5, 0.6) is 0 Å². The maximum atomic E-state index is 11.3. The second kappa shape index (κ2) is 5.07. The van der Waals surface area contributed by atoms with Gasteiger partial charge in [0.25, 0.3) is 0 Å². The maximum absolute atomic E-state index is 11.3. The van der Waals surface area contributed by atoms with Crippen LogP contribution in [-0.4, -0.2) is 43.7 Å². The van der Waals surface area contributed by atoms with E-state index in [0.29, 0.717) is 18.7 Å². The van der Waals surface area contributed by atoms with E-state index in [0.717, 1.165) is 12.1 Å². The molecule has 0 aromatic heterocycles. The maximum Gasteiger partial charge on any atom is 0.152 e. The molecule has 2 rings (SSSR count). The zero-order chi connectivity index (χ0) is 13.2. The molecule has 0 amide bonds. The molecule has 0 atom stereocenters. The number of nitrogens with two attached hydrogens (primary N) is 1. The summed E-state index contributed by atoms with van der Waals surface area (Å²) in [6.45, 7) is 1.93. The monoisotopic (exact) mass is 267 g/mol. The fourth-order valence-corrected chi connectivity index (χ4v) is 3.23. The normalized spacial score (nSPS) is 19.6. The Morgan fingerprint density at radius 2 is 1.78 bits per heavy atom. The molecule has 1 saturated heterocycles. The van der Waals surface area contributed by atoms with Crippen molar-refractivity contribution in [3.8, 4) is 0 Å². The molecule has 1 aliphatic heterocycles. The number of nitrogen functional groups attached to an aromatic ring is 1. The highest BCUT2D eigenvalue weighted by atomic mass is 32.2. The van der Waals surface area contributed by atoms with Crippen molar-refractivity contribution in [3.05, 3.63) is 35.4 Å². The molecule has 6 heteroatoms. The smallest absolute Gasteiger partial charge is 0.152 e. The highest BCUT2D eigenvalue weighted by Crippen LogP contribution is 2.10. The van der Waals surface area contributed by atoms with Gasteiger partial charge in [0, 0.05) is 25.2 Å². The number of benzene rings is 1. The molecule has 0 radical (unpaired) electrons. The molecule has 1 aliphatic rings. The van der Waals surface area contributed by atoms with Crippen LogP contribution >= 0.6 is 0 Å². The zero-order valence-corrected chi connectivity index (χ0v) is 10.9. The summed E-state index contributed by atoms with van der Waals surface area (Å²) in [5, 5.41) is 7.30. The van der Waals surface area contributed by atoms with Crippen molar-refractivity contribution in [2.24, 2.45) is 5.73 Å². The SMILES string of the molecule is N=C(N)c1ccc(CN2CCS(=O)(=O)CC2)cc1. The molecular weight excluding hydrogens is 250 g/mol. The predicted molar refractivity (Wildman–Crippen MR) is 71.4 cm³/mol. The van der Waals surface area contributed by atoms with E-state index in [1.165, 1.54) is 0 Å². The van der Waals surface area contributed by atoms with E-state index in [9.17, 15) is 8.42 Å². The van der Waals surface area contributed by atoms with Crippen LogP contribution in [0.3, 0.4) is 0 Å². The van der Waals surface area contributed by atoms with Crippen LogP contribution in [0.2, 0.25) is 0 Å². The van der Waals surface area contributed by atoms with Gasteiger partial charge in [0.2, 0.25) is 0 Å². The molecule has 1 aromatic rings. The average molecular weight is 267 g/mol. The topological polar surface area (TPSA) is 87.2 Å². The number of nitrogens with one attached hydrogen (secondary N) is 1. The van der Waals surface area contributed by atoms with E-state index in [-0.39, 0.29) is 17.3 Å².